The Kier molecular flexibility index (Phi) is 5.74. The molecule has 2 heterocycles. The van der Waals surface area contributed by atoms with E-state index in [9.17, 15) is 4.79 Å². The molecule has 132 valence electrons. The lowest BCUT2D eigenvalue weighted by Gasteiger charge is -2.40. The molecule has 0 aromatic heterocycles. The molecule has 2 amide bonds. The van der Waals surface area contributed by atoms with E-state index in [1.807, 2.05) is 4.90 Å². The Morgan fingerprint density at radius 2 is 1.83 bits per heavy atom. The van der Waals surface area contributed by atoms with Crippen LogP contribution in [0.3, 0.4) is 0 Å². The summed E-state index contributed by atoms with van der Waals surface area (Å²) in [6.07, 6.45) is 3.35. The van der Waals surface area contributed by atoms with Gasteiger partial charge in [-0.2, -0.15) is 0 Å². The van der Waals surface area contributed by atoms with Crippen LogP contribution < -0.4 is 0 Å². The Morgan fingerprint density at radius 1 is 1.12 bits per heavy atom. The van der Waals surface area contributed by atoms with Crippen LogP contribution in [0.15, 0.2) is 24.3 Å². The average molecular weight is 331 g/mol. The van der Waals surface area contributed by atoms with Gasteiger partial charge < -0.3 is 19.4 Å². The molecule has 0 saturated carbocycles. The van der Waals surface area contributed by atoms with Crippen molar-refractivity contribution in [3.63, 3.8) is 0 Å². The number of likely N-dealkylation sites (tertiary alicyclic amines) is 1. The first-order valence-corrected chi connectivity index (χ1v) is 9.02. The fraction of sp³-hybridized carbons (Fsp3) is 0.632. The van der Waals surface area contributed by atoms with Gasteiger partial charge in [-0.15, -0.1) is 0 Å². The molecule has 2 fully saturated rings. The first-order valence-electron chi connectivity index (χ1n) is 9.02. The van der Waals surface area contributed by atoms with Gasteiger partial charge in [-0.25, -0.2) is 4.79 Å². The molecule has 2 saturated heterocycles. The van der Waals surface area contributed by atoms with Crippen molar-refractivity contribution >= 4 is 6.03 Å². The standard InChI is InChI=1S/C19H29N3O2/c1-20(2)15-16-6-8-17(9-7-16)18-5-3-4-10-22(18)19(23)21-11-13-24-14-12-21/h6-9,18H,3-5,10-15H2,1-2H3/t18-/m1/s1. The lowest BCUT2D eigenvalue weighted by Crippen LogP contribution is -2.50. The van der Waals surface area contributed by atoms with Gasteiger partial charge in [0.15, 0.2) is 0 Å². The van der Waals surface area contributed by atoms with Crippen molar-refractivity contribution in [2.75, 3.05) is 46.9 Å². The van der Waals surface area contributed by atoms with Crippen molar-refractivity contribution in [1.29, 1.82) is 0 Å². The van der Waals surface area contributed by atoms with Crippen molar-refractivity contribution in [3.05, 3.63) is 35.4 Å². The summed E-state index contributed by atoms with van der Waals surface area (Å²) in [5.41, 5.74) is 2.57. The molecule has 0 unspecified atom stereocenters. The highest BCUT2D eigenvalue weighted by Crippen LogP contribution is 2.32. The van der Waals surface area contributed by atoms with Crippen LogP contribution in [-0.4, -0.2) is 67.7 Å². The third-order valence-electron chi connectivity index (χ3n) is 4.89. The maximum absolute atomic E-state index is 12.9. The minimum absolute atomic E-state index is 0.181. The SMILES string of the molecule is CN(C)Cc1ccc([C@H]2CCCCN2C(=O)N2CCOCC2)cc1. The van der Waals surface area contributed by atoms with E-state index in [4.69, 9.17) is 4.74 Å². The van der Waals surface area contributed by atoms with Gasteiger partial charge in [-0.05, 0) is 44.5 Å². The summed E-state index contributed by atoms with van der Waals surface area (Å²) in [4.78, 5) is 19.1. The van der Waals surface area contributed by atoms with Gasteiger partial charge in [0.1, 0.15) is 0 Å². The van der Waals surface area contributed by atoms with E-state index in [0.29, 0.717) is 26.3 Å². The minimum atomic E-state index is 0.181. The van der Waals surface area contributed by atoms with E-state index < -0.39 is 0 Å². The number of carbonyl (C=O) groups excluding carboxylic acids is 1. The molecule has 5 heteroatoms. The molecular weight excluding hydrogens is 302 g/mol. The van der Waals surface area contributed by atoms with E-state index >= 15 is 0 Å². The van der Waals surface area contributed by atoms with Crippen LogP contribution in [0.1, 0.15) is 36.4 Å². The number of nitrogens with zero attached hydrogens (tertiary/aromatic N) is 3. The molecule has 1 atom stereocenters. The number of piperidine rings is 1. The molecule has 0 aliphatic carbocycles. The number of hydrogen-bond acceptors (Lipinski definition) is 3. The smallest absolute Gasteiger partial charge is 0.320 e. The van der Waals surface area contributed by atoms with E-state index in [-0.39, 0.29) is 12.1 Å². The molecule has 1 aromatic rings. The third-order valence-corrected chi connectivity index (χ3v) is 4.89. The molecule has 2 aliphatic rings. The van der Waals surface area contributed by atoms with Gasteiger partial charge in [0, 0.05) is 26.2 Å². The van der Waals surface area contributed by atoms with Gasteiger partial charge in [0.05, 0.1) is 19.3 Å². The van der Waals surface area contributed by atoms with Gasteiger partial charge >= 0.3 is 6.03 Å². The van der Waals surface area contributed by atoms with Crippen LogP contribution in [0.2, 0.25) is 0 Å². The zero-order chi connectivity index (χ0) is 16.9. The second kappa shape index (κ2) is 7.99. The molecule has 2 aliphatic heterocycles. The first kappa shape index (κ1) is 17.2. The third kappa shape index (κ3) is 4.08. The zero-order valence-electron chi connectivity index (χ0n) is 14.9. The number of amides is 2. The highest BCUT2D eigenvalue weighted by molar-refractivity contribution is 5.75. The maximum Gasteiger partial charge on any atom is 0.320 e. The maximum atomic E-state index is 12.9. The largest absolute Gasteiger partial charge is 0.378 e. The van der Waals surface area contributed by atoms with Crippen molar-refractivity contribution in [1.82, 2.24) is 14.7 Å². The Morgan fingerprint density at radius 3 is 2.50 bits per heavy atom. The molecule has 24 heavy (non-hydrogen) atoms. The van der Waals surface area contributed by atoms with Gasteiger partial charge in [0.25, 0.3) is 0 Å². The lowest BCUT2D eigenvalue weighted by atomic mass is 9.94. The van der Waals surface area contributed by atoms with Gasteiger partial charge in [-0.3, -0.25) is 0 Å². The molecular formula is C19H29N3O2. The monoisotopic (exact) mass is 331 g/mol. The Labute approximate surface area is 145 Å². The topological polar surface area (TPSA) is 36.0 Å². The lowest BCUT2D eigenvalue weighted by molar-refractivity contribution is 0.0355. The van der Waals surface area contributed by atoms with Gasteiger partial charge in [-0.1, -0.05) is 24.3 Å². The number of ether oxygens (including phenoxy) is 1. The van der Waals surface area contributed by atoms with Crippen molar-refractivity contribution in [3.8, 4) is 0 Å². The van der Waals surface area contributed by atoms with E-state index in [1.165, 1.54) is 17.5 Å². The molecule has 0 bridgehead atoms. The molecule has 1 aromatic carbocycles. The second-order valence-corrected chi connectivity index (χ2v) is 7.07. The minimum Gasteiger partial charge on any atom is -0.378 e. The van der Waals surface area contributed by atoms with Crippen molar-refractivity contribution < 1.29 is 9.53 Å². The van der Waals surface area contributed by atoms with E-state index in [0.717, 1.165) is 25.9 Å². The number of benzene rings is 1. The fourth-order valence-electron chi connectivity index (χ4n) is 3.65. The van der Waals surface area contributed by atoms with Crippen molar-refractivity contribution in [2.24, 2.45) is 0 Å². The molecule has 5 nitrogen and oxygen atoms in total. The van der Waals surface area contributed by atoms with Crippen LogP contribution in [0, 0.1) is 0 Å². The average Bonchev–Trinajstić information content (AvgIpc) is 2.62. The Bertz CT molecular complexity index is 538. The van der Waals surface area contributed by atoms with Crippen LogP contribution in [0.4, 0.5) is 4.79 Å². The normalized spacial score (nSPS) is 22.0. The Balaban J connectivity index is 1.72. The number of carbonyl (C=O) groups is 1. The van der Waals surface area contributed by atoms with Crippen molar-refractivity contribution in [2.45, 2.75) is 31.8 Å². The quantitative estimate of drug-likeness (QED) is 0.854. The molecule has 0 spiro atoms. The van der Waals surface area contributed by atoms with Crippen LogP contribution in [0.25, 0.3) is 0 Å². The summed E-state index contributed by atoms with van der Waals surface area (Å²) >= 11 is 0. The second-order valence-electron chi connectivity index (χ2n) is 7.07. The van der Waals surface area contributed by atoms with Crippen LogP contribution in [0.5, 0.6) is 0 Å². The van der Waals surface area contributed by atoms with Crippen LogP contribution in [-0.2, 0) is 11.3 Å². The summed E-state index contributed by atoms with van der Waals surface area (Å²) in [6, 6.07) is 9.19. The summed E-state index contributed by atoms with van der Waals surface area (Å²) in [7, 11) is 4.16. The number of urea groups is 1. The highest BCUT2D eigenvalue weighted by atomic mass is 16.5. The fourth-order valence-corrected chi connectivity index (χ4v) is 3.65. The summed E-state index contributed by atoms with van der Waals surface area (Å²) in [5, 5.41) is 0. The predicted octanol–water partition coefficient (Wildman–Crippen LogP) is 2.73. The Hall–Kier alpha value is -1.59. The summed E-state index contributed by atoms with van der Waals surface area (Å²) in [5.74, 6) is 0. The predicted molar refractivity (Wildman–Crippen MR) is 94.9 cm³/mol. The van der Waals surface area contributed by atoms with Gasteiger partial charge in [0.2, 0.25) is 0 Å². The van der Waals surface area contributed by atoms with E-state index in [2.05, 4.69) is 48.2 Å². The first-order chi connectivity index (χ1) is 11.6. The number of hydrogen-bond donors (Lipinski definition) is 0. The zero-order valence-corrected chi connectivity index (χ0v) is 14.9. The summed E-state index contributed by atoms with van der Waals surface area (Å²) in [6.45, 7) is 4.54. The molecule has 0 N–H and O–H groups in total. The van der Waals surface area contributed by atoms with E-state index in [1.54, 1.807) is 0 Å². The summed E-state index contributed by atoms with van der Waals surface area (Å²) < 4.78 is 5.38. The highest BCUT2D eigenvalue weighted by Gasteiger charge is 2.31. The molecule has 0 radical (unpaired) electrons. The van der Waals surface area contributed by atoms with Crippen LogP contribution >= 0.6 is 0 Å². The molecule has 3 rings (SSSR count). The number of morpholine rings is 1. The number of rotatable bonds is 3.